The van der Waals surface area contributed by atoms with Crippen LogP contribution in [0.15, 0.2) is 65.8 Å². The largest absolute Gasteiger partial charge is 0.392 e. The normalized spacial score (nSPS) is 17.1. The van der Waals surface area contributed by atoms with E-state index in [-0.39, 0.29) is 18.8 Å². The minimum atomic E-state index is -0.354. The van der Waals surface area contributed by atoms with Crippen molar-refractivity contribution in [2.45, 2.75) is 12.8 Å². The molecule has 10 heteroatoms. The molecule has 2 aliphatic rings. The molecule has 1 aromatic heterocycles. The molecule has 180 valence electrons. The number of carbonyl (C=O) groups is 1. The van der Waals surface area contributed by atoms with E-state index in [0.717, 1.165) is 41.4 Å². The zero-order valence-corrected chi connectivity index (χ0v) is 19.6. The van der Waals surface area contributed by atoms with E-state index >= 15 is 0 Å². The van der Waals surface area contributed by atoms with Crippen molar-refractivity contribution in [1.82, 2.24) is 9.88 Å². The Kier molecular flexibility index (Phi) is 6.80. The number of nitrogens with zero attached hydrogens (tertiary/aromatic N) is 3. The van der Waals surface area contributed by atoms with E-state index in [2.05, 4.69) is 25.8 Å². The lowest BCUT2D eigenvalue weighted by Gasteiger charge is -2.34. The molecule has 35 heavy (non-hydrogen) atoms. The van der Waals surface area contributed by atoms with E-state index in [9.17, 15) is 4.79 Å². The van der Waals surface area contributed by atoms with Crippen LogP contribution < -0.4 is 16.0 Å². The van der Waals surface area contributed by atoms with Gasteiger partial charge in [-0.05, 0) is 41.5 Å². The summed E-state index contributed by atoms with van der Waals surface area (Å²) >= 11 is 6.21. The van der Waals surface area contributed by atoms with Crippen LogP contribution in [0, 0.1) is 0 Å². The highest BCUT2D eigenvalue weighted by molar-refractivity contribution is 6.31. The molecule has 0 aliphatic carbocycles. The van der Waals surface area contributed by atoms with E-state index in [1.165, 1.54) is 0 Å². The molecule has 4 N–H and O–H groups in total. The number of morpholine rings is 1. The molecule has 2 aliphatic heterocycles. The first-order valence-corrected chi connectivity index (χ1v) is 11.7. The van der Waals surface area contributed by atoms with Crippen molar-refractivity contribution in [3.8, 4) is 0 Å². The third-order valence-electron chi connectivity index (χ3n) is 5.80. The van der Waals surface area contributed by atoms with Crippen LogP contribution >= 0.6 is 11.6 Å². The van der Waals surface area contributed by atoms with Gasteiger partial charge >= 0.3 is 6.03 Å². The van der Waals surface area contributed by atoms with Gasteiger partial charge in [0.05, 0.1) is 30.5 Å². The van der Waals surface area contributed by atoms with Crippen molar-refractivity contribution >= 4 is 40.5 Å². The SMILES string of the molecule is O=C(Nc1ccc(CO)cc1)Nc1ccc(C2N=C(N3CCOCC3)c3ncc(Cl)cc3N2)cc1. The maximum Gasteiger partial charge on any atom is 0.323 e. The van der Waals surface area contributed by atoms with Crippen molar-refractivity contribution < 1.29 is 14.6 Å². The lowest BCUT2D eigenvalue weighted by Crippen LogP contribution is -2.43. The molecule has 3 aromatic rings. The average Bonchev–Trinajstić information content (AvgIpc) is 2.89. The number of ether oxygens (including phenoxy) is 1. The number of hydrogen-bond donors (Lipinski definition) is 4. The number of aliphatic hydroxyl groups excluding tert-OH is 1. The molecule has 1 unspecified atom stereocenters. The molecule has 2 amide bonds. The zero-order chi connectivity index (χ0) is 24.2. The number of nitrogens with one attached hydrogen (secondary N) is 3. The van der Waals surface area contributed by atoms with Gasteiger partial charge in [0, 0.05) is 30.7 Å². The number of aliphatic imine (C=N–C) groups is 1. The van der Waals surface area contributed by atoms with Crippen LogP contribution in [0.4, 0.5) is 21.9 Å². The first kappa shape index (κ1) is 23.1. The highest BCUT2D eigenvalue weighted by Crippen LogP contribution is 2.32. The number of aromatic nitrogens is 1. The number of urea groups is 1. The molecule has 0 radical (unpaired) electrons. The van der Waals surface area contributed by atoms with Gasteiger partial charge in [-0.15, -0.1) is 0 Å². The van der Waals surface area contributed by atoms with E-state index in [4.69, 9.17) is 26.4 Å². The Morgan fingerprint density at radius 2 is 1.74 bits per heavy atom. The second kappa shape index (κ2) is 10.3. The van der Waals surface area contributed by atoms with Crippen LogP contribution in [-0.4, -0.2) is 53.2 Å². The monoisotopic (exact) mass is 492 g/mol. The minimum absolute atomic E-state index is 0.0399. The molecule has 3 heterocycles. The smallest absolute Gasteiger partial charge is 0.323 e. The number of amides is 2. The first-order chi connectivity index (χ1) is 17.1. The Morgan fingerprint density at radius 1 is 1.09 bits per heavy atom. The van der Waals surface area contributed by atoms with E-state index < -0.39 is 0 Å². The quantitative estimate of drug-likeness (QED) is 0.437. The molecule has 1 saturated heterocycles. The van der Waals surface area contributed by atoms with Crippen molar-refractivity contribution in [1.29, 1.82) is 0 Å². The molecule has 0 spiro atoms. The van der Waals surface area contributed by atoms with Gasteiger partial charge in [0.2, 0.25) is 0 Å². The van der Waals surface area contributed by atoms with Crippen molar-refractivity contribution in [2.24, 2.45) is 4.99 Å². The van der Waals surface area contributed by atoms with Gasteiger partial charge in [-0.25, -0.2) is 14.8 Å². The Bertz CT molecular complexity index is 1230. The highest BCUT2D eigenvalue weighted by Gasteiger charge is 2.27. The summed E-state index contributed by atoms with van der Waals surface area (Å²) in [5, 5.41) is 18.7. The topological polar surface area (TPSA) is 111 Å². The highest BCUT2D eigenvalue weighted by atomic mass is 35.5. The van der Waals surface area contributed by atoms with Gasteiger partial charge in [0.15, 0.2) is 5.84 Å². The molecule has 0 bridgehead atoms. The Morgan fingerprint density at radius 3 is 2.40 bits per heavy atom. The average molecular weight is 493 g/mol. The molecule has 1 fully saturated rings. The summed E-state index contributed by atoms with van der Waals surface area (Å²) < 4.78 is 5.50. The van der Waals surface area contributed by atoms with E-state index in [1.807, 2.05) is 30.3 Å². The second-order valence-electron chi connectivity index (χ2n) is 8.20. The number of fused-ring (bicyclic) bond motifs is 1. The second-order valence-corrected chi connectivity index (χ2v) is 8.64. The Hall–Kier alpha value is -3.66. The number of halogens is 1. The summed E-state index contributed by atoms with van der Waals surface area (Å²) in [4.78, 5) is 24.0. The number of benzene rings is 2. The number of amidine groups is 1. The summed E-state index contributed by atoms with van der Waals surface area (Å²) in [5.41, 5.74) is 4.60. The molecule has 2 aromatic carbocycles. The van der Waals surface area contributed by atoms with Crippen molar-refractivity contribution in [3.05, 3.63) is 82.6 Å². The number of carbonyl (C=O) groups excluding carboxylic acids is 1. The molecular weight excluding hydrogens is 468 g/mol. The predicted molar refractivity (Wildman–Crippen MR) is 136 cm³/mol. The summed E-state index contributed by atoms with van der Waals surface area (Å²) in [7, 11) is 0. The summed E-state index contributed by atoms with van der Waals surface area (Å²) in [6.07, 6.45) is 1.30. The van der Waals surface area contributed by atoms with E-state index in [0.29, 0.717) is 29.6 Å². The summed E-state index contributed by atoms with van der Waals surface area (Å²) in [6, 6.07) is 16.0. The van der Waals surface area contributed by atoms with Gasteiger partial charge in [-0.3, -0.25) is 0 Å². The lowest BCUT2D eigenvalue weighted by atomic mass is 10.1. The summed E-state index contributed by atoms with van der Waals surface area (Å²) in [6.45, 7) is 2.75. The zero-order valence-electron chi connectivity index (χ0n) is 18.9. The van der Waals surface area contributed by atoms with Gasteiger partial charge in [0.1, 0.15) is 11.9 Å². The maximum absolute atomic E-state index is 12.4. The van der Waals surface area contributed by atoms with Crippen molar-refractivity contribution in [2.75, 3.05) is 42.3 Å². The minimum Gasteiger partial charge on any atom is -0.392 e. The Balaban J connectivity index is 1.30. The number of pyridine rings is 1. The molecule has 0 saturated carbocycles. The van der Waals surface area contributed by atoms with Crippen LogP contribution in [0.3, 0.4) is 0 Å². The fraction of sp³-hybridized carbons (Fsp3) is 0.240. The fourth-order valence-corrected chi connectivity index (χ4v) is 4.15. The third kappa shape index (κ3) is 5.37. The van der Waals surface area contributed by atoms with Crippen LogP contribution in [0.2, 0.25) is 5.02 Å². The van der Waals surface area contributed by atoms with Crippen LogP contribution in [0.1, 0.15) is 23.0 Å². The molecular formula is C25H25ClN6O3. The van der Waals surface area contributed by atoms with Gasteiger partial charge in [-0.1, -0.05) is 35.9 Å². The number of anilines is 3. The number of hydrogen-bond acceptors (Lipinski definition) is 7. The van der Waals surface area contributed by atoms with Crippen LogP contribution in [-0.2, 0) is 11.3 Å². The maximum atomic E-state index is 12.4. The van der Waals surface area contributed by atoms with E-state index in [1.54, 1.807) is 30.5 Å². The molecule has 9 nitrogen and oxygen atoms in total. The summed E-state index contributed by atoms with van der Waals surface area (Å²) in [5.74, 6) is 0.817. The lowest BCUT2D eigenvalue weighted by molar-refractivity contribution is 0.0679. The number of rotatable bonds is 4. The van der Waals surface area contributed by atoms with Gasteiger partial charge in [0.25, 0.3) is 0 Å². The van der Waals surface area contributed by atoms with Crippen LogP contribution in [0.25, 0.3) is 0 Å². The Labute approximate surface area is 207 Å². The van der Waals surface area contributed by atoms with Gasteiger partial charge < -0.3 is 30.7 Å². The van der Waals surface area contributed by atoms with Gasteiger partial charge in [-0.2, -0.15) is 0 Å². The third-order valence-corrected chi connectivity index (χ3v) is 6.01. The van der Waals surface area contributed by atoms with Crippen LogP contribution in [0.5, 0.6) is 0 Å². The molecule has 1 atom stereocenters. The number of aliphatic hydroxyl groups is 1. The fourth-order valence-electron chi connectivity index (χ4n) is 3.99. The predicted octanol–water partition coefficient (Wildman–Crippen LogP) is 4.07. The first-order valence-electron chi connectivity index (χ1n) is 11.3. The molecule has 5 rings (SSSR count). The van der Waals surface area contributed by atoms with Crippen molar-refractivity contribution in [3.63, 3.8) is 0 Å². The standard InChI is InChI=1S/C25H25ClN6O3/c26-18-13-21-22(27-14-18)24(32-9-11-35-12-10-32)31-23(30-21)17-3-7-20(8-4-17)29-25(34)28-19-5-1-16(15-33)2-6-19/h1-8,13-14,23,30,33H,9-12,15H2,(H2,28,29,34).